The van der Waals surface area contributed by atoms with Gasteiger partial charge in [0.1, 0.15) is 0 Å². The molecular formula is C14H16FNOS. The molecule has 4 heteroatoms. The van der Waals surface area contributed by atoms with Crippen LogP contribution in [0.1, 0.15) is 23.4 Å². The fourth-order valence-electron chi connectivity index (χ4n) is 1.75. The van der Waals surface area contributed by atoms with Crippen molar-refractivity contribution in [2.75, 3.05) is 7.11 Å². The molecule has 0 bridgehead atoms. The third-order valence-electron chi connectivity index (χ3n) is 2.83. The van der Waals surface area contributed by atoms with Crippen LogP contribution < -0.4 is 10.1 Å². The molecule has 0 fully saturated rings. The SMILES string of the molecule is COc1cccc(CN[C@H](C)c2cccs2)c1F. The molecule has 2 rings (SSSR count). The number of benzene rings is 1. The van der Waals surface area contributed by atoms with Gasteiger partial charge in [-0.15, -0.1) is 11.3 Å². The Kier molecular flexibility index (Phi) is 4.33. The van der Waals surface area contributed by atoms with Crippen molar-refractivity contribution in [1.82, 2.24) is 5.32 Å². The molecule has 18 heavy (non-hydrogen) atoms. The Morgan fingerprint density at radius 2 is 2.17 bits per heavy atom. The van der Waals surface area contributed by atoms with Crippen molar-refractivity contribution >= 4 is 11.3 Å². The van der Waals surface area contributed by atoms with Gasteiger partial charge >= 0.3 is 0 Å². The lowest BCUT2D eigenvalue weighted by atomic mass is 10.2. The van der Waals surface area contributed by atoms with Crippen LogP contribution in [0.2, 0.25) is 0 Å². The molecule has 0 aliphatic rings. The van der Waals surface area contributed by atoms with Gasteiger partial charge in [-0.1, -0.05) is 18.2 Å². The smallest absolute Gasteiger partial charge is 0.169 e. The predicted octanol–water partition coefficient (Wildman–Crippen LogP) is 3.75. The summed E-state index contributed by atoms with van der Waals surface area (Å²) in [5.41, 5.74) is 0.623. The highest BCUT2D eigenvalue weighted by Crippen LogP contribution is 2.22. The van der Waals surface area contributed by atoms with E-state index in [1.165, 1.54) is 12.0 Å². The molecule has 0 amide bonds. The number of rotatable bonds is 5. The normalized spacial score (nSPS) is 12.4. The van der Waals surface area contributed by atoms with Crippen LogP contribution in [0.5, 0.6) is 5.75 Å². The van der Waals surface area contributed by atoms with Crippen LogP contribution in [0.25, 0.3) is 0 Å². The monoisotopic (exact) mass is 265 g/mol. The van der Waals surface area contributed by atoms with E-state index < -0.39 is 0 Å². The Morgan fingerprint density at radius 3 is 2.83 bits per heavy atom. The van der Waals surface area contributed by atoms with Crippen LogP contribution in [0.3, 0.4) is 0 Å². The summed E-state index contributed by atoms with van der Waals surface area (Å²) >= 11 is 1.70. The lowest BCUT2D eigenvalue weighted by Crippen LogP contribution is -2.18. The number of ether oxygens (including phenoxy) is 1. The average molecular weight is 265 g/mol. The van der Waals surface area contributed by atoms with Crippen LogP contribution in [0, 0.1) is 5.82 Å². The second-order valence-corrected chi connectivity index (χ2v) is 5.03. The Morgan fingerprint density at radius 1 is 1.33 bits per heavy atom. The minimum Gasteiger partial charge on any atom is -0.494 e. The van der Waals surface area contributed by atoms with Crippen molar-refractivity contribution in [1.29, 1.82) is 0 Å². The molecule has 1 heterocycles. The molecule has 0 saturated heterocycles. The lowest BCUT2D eigenvalue weighted by molar-refractivity contribution is 0.382. The number of hydrogen-bond acceptors (Lipinski definition) is 3. The molecule has 0 radical (unpaired) electrons. The topological polar surface area (TPSA) is 21.3 Å². The van der Waals surface area contributed by atoms with E-state index in [9.17, 15) is 4.39 Å². The molecule has 0 aliphatic heterocycles. The van der Waals surface area contributed by atoms with Gasteiger partial charge in [-0.3, -0.25) is 0 Å². The summed E-state index contributed by atoms with van der Waals surface area (Å²) in [4.78, 5) is 1.25. The van der Waals surface area contributed by atoms with Crippen LogP contribution in [-0.2, 0) is 6.54 Å². The van der Waals surface area contributed by atoms with Gasteiger partial charge in [0.05, 0.1) is 7.11 Å². The van der Waals surface area contributed by atoms with Gasteiger partial charge in [0, 0.05) is 23.0 Å². The second-order valence-electron chi connectivity index (χ2n) is 4.05. The third-order valence-corrected chi connectivity index (χ3v) is 3.89. The third kappa shape index (κ3) is 2.89. The summed E-state index contributed by atoms with van der Waals surface area (Å²) in [6.45, 7) is 2.56. The Labute approximate surface area is 110 Å². The van der Waals surface area contributed by atoms with Crippen LogP contribution >= 0.6 is 11.3 Å². The van der Waals surface area contributed by atoms with E-state index >= 15 is 0 Å². The first-order valence-corrected chi connectivity index (χ1v) is 6.68. The van der Waals surface area contributed by atoms with E-state index in [0.717, 1.165) is 0 Å². The summed E-state index contributed by atoms with van der Waals surface area (Å²) in [6, 6.07) is 9.51. The van der Waals surface area contributed by atoms with Gasteiger partial charge in [-0.25, -0.2) is 4.39 Å². The van der Waals surface area contributed by atoms with E-state index in [1.807, 2.05) is 11.4 Å². The van der Waals surface area contributed by atoms with Crippen LogP contribution in [-0.4, -0.2) is 7.11 Å². The molecular weight excluding hydrogens is 249 g/mol. The van der Waals surface area contributed by atoms with Crippen molar-refractivity contribution < 1.29 is 9.13 Å². The van der Waals surface area contributed by atoms with E-state index in [2.05, 4.69) is 18.3 Å². The standard InChI is InChI=1S/C14H16FNOS/c1-10(13-7-4-8-18-13)16-9-11-5-3-6-12(17-2)14(11)15/h3-8,10,16H,9H2,1-2H3/t10-/m1/s1. The maximum atomic E-state index is 13.9. The summed E-state index contributed by atoms with van der Waals surface area (Å²) in [5.74, 6) is 0.00366. The molecule has 96 valence electrons. The minimum atomic E-state index is -0.286. The highest BCUT2D eigenvalue weighted by atomic mass is 32.1. The molecule has 1 aromatic heterocycles. The second kappa shape index (κ2) is 5.98. The summed E-state index contributed by atoms with van der Waals surface area (Å²) < 4.78 is 18.9. The summed E-state index contributed by atoms with van der Waals surface area (Å²) in [5, 5.41) is 5.35. The average Bonchev–Trinajstić information content (AvgIpc) is 2.91. The van der Waals surface area contributed by atoms with Gasteiger partial charge in [0.2, 0.25) is 0 Å². The zero-order valence-corrected chi connectivity index (χ0v) is 11.3. The molecule has 0 saturated carbocycles. The van der Waals surface area contributed by atoms with E-state index in [1.54, 1.807) is 29.5 Å². The van der Waals surface area contributed by atoms with Gasteiger partial charge in [-0.05, 0) is 24.4 Å². The number of hydrogen-bond donors (Lipinski definition) is 1. The number of thiophene rings is 1. The zero-order valence-electron chi connectivity index (χ0n) is 10.4. The van der Waals surface area contributed by atoms with E-state index in [-0.39, 0.29) is 17.6 Å². The maximum absolute atomic E-state index is 13.9. The minimum absolute atomic E-state index is 0.218. The van der Waals surface area contributed by atoms with Crippen molar-refractivity contribution in [2.24, 2.45) is 0 Å². The summed E-state index contributed by atoms with van der Waals surface area (Å²) in [6.07, 6.45) is 0. The van der Waals surface area contributed by atoms with Crippen molar-refractivity contribution in [2.45, 2.75) is 19.5 Å². The van der Waals surface area contributed by atoms with Gasteiger partial charge in [0.25, 0.3) is 0 Å². The first kappa shape index (κ1) is 13.1. The van der Waals surface area contributed by atoms with Crippen LogP contribution in [0.15, 0.2) is 35.7 Å². The fraction of sp³-hybridized carbons (Fsp3) is 0.286. The lowest BCUT2D eigenvalue weighted by Gasteiger charge is -2.13. The number of methoxy groups -OCH3 is 1. The molecule has 1 aromatic carbocycles. The highest BCUT2D eigenvalue weighted by molar-refractivity contribution is 7.10. The first-order chi connectivity index (χ1) is 8.72. The molecule has 2 aromatic rings. The van der Waals surface area contributed by atoms with Gasteiger partial charge < -0.3 is 10.1 Å². The molecule has 0 spiro atoms. The zero-order chi connectivity index (χ0) is 13.0. The molecule has 1 atom stereocenters. The number of halogens is 1. The quantitative estimate of drug-likeness (QED) is 0.889. The first-order valence-electron chi connectivity index (χ1n) is 5.80. The van der Waals surface area contributed by atoms with Crippen molar-refractivity contribution in [3.8, 4) is 5.75 Å². The Balaban J connectivity index is 2.02. The van der Waals surface area contributed by atoms with Gasteiger partial charge in [0.15, 0.2) is 11.6 Å². The Hall–Kier alpha value is -1.39. The van der Waals surface area contributed by atoms with Crippen molar-refractivity contribution in [3.05, 3.63) is 52.0 Å². The van der Waals surface area contributed by atoms with Gasteiger partial charge in [-0.2, -0.15) is 0 Å². The maximum Gasteiger partial charge on any atom is 0.169 e. The summed E-state index contributed by atoms with van der Waals surface area (Å²) in [7, 11) is 1.48. The highest BCUT2D eigenvalue weighted by Gasteiger charge is 2.10. The van der Waals surface area contributed by atoms with Crippen molar-refractivity contribution in [3.63, 3.8) is 0 Å². The Bertz CT molecular complexity index is 499. The number of nitrogens with one attached hydrogen (secondary N) is 1. The predicted molar refractivity (Wildman–Crippen MR) is 72.5 cm³/mol. The van der Waals surface area contributed by atoms with E-state index in [0.29, 0.717) is 12.1 Å². The molecule has 1 N–H and O–H groups in total. The fourth-order valence-corrected chi connectivity index (χ4v) is 2.51. The molecule has 0 unspecified atom stereocenters. The molecule has 2 nitrogen and oxygen atoms in total. The van der Waals surface area contributed by atoms with E-state index in [4.69, 9.17) is 4.74 Å². The van der Waals surface area contributed by atoms with Crippen LogP contribution in [0.4, 0.5) is 4.39 Å². The molecule has 0 aliphatic carbocycles. The largest absolute Gasteiger partial charge is 0.494 e.